The lowest BCUT2D eigenvalue weighted by atomic mass is 10.1. The number of hydrogen-bond donors (Lipinski definition) is 2. The van der Waals surface area contributed by atoms with Crippen LogP contribution >= 0.6 is 0 Å². The van der Waals surface area contributed by atoms with Gasteiger partial charge in [-0.05, 0) is 61.1 Å². The van der Waals surface area contributed by atoms with E-state index in [-0.39, 0.29) is 12.2 Å². The maximum atomic E-state index is 13.5. The molecule has 5 rings (SSSR count). The average molecular weight is 530 g/mol. The molecule has 0 radical (unpaired) electrons. The van der Waals surface area contributed by atoms with Crippen LogP contribution in [0.1, 0.15) is 17.4 Å². The molecule has 2 aromatic carbocycles. The van der Waals surface area contributed by atoms with Gasteiger partial charge in [0.05, 0.1) is 23.6 Å². The molecule has 7 nitrogen and oxygen atoms in total. The predicted molar refractivity (Wildman–Crippen MR) is 140 cm³/mol. The van der Waals surface area contributed by atoms with E-state index < -0.39 is 31.0 Å². The first-order valence-corrected chi connectivity index (χ1v) is 12.5. The Morgan fingerprint density at radius 2 is 1.55 bits per heavy atom. The number of benzene rings is 2. The Labute approximate surface area is 219 Å². The van der Waals surface area contributed by atoms with Crippen LogP contribution in [0.3, 0.4) is 0 Å². The number of anilines is 2. The molecule has 0 aliphatic carbocycles. The average Bonchev–Trinajstić information content (AvgIpc) is 2.89. The standard InChI is InChI=1S/C27H31F4N7/c1-35-12-14-36(15-13-35)21-8-2-18(3-9-21)16-37-23-11-10-22(19-4-6-20(28)7-5-19)34-24(23)25(32)38(26(37)33)17-27(29,30)31/h2-11,25-26H,12-17,32-33H2,1H3. The van der Waals surface area contributed by atoms with Crippen LogP contribution < -0.4 is 21.3 Å². The highest BCUT2D eigenvalue weighted by Crippen LogP contribution is 2.38. The van der Waals surface area contributed by atoms with Crippen molar-refractivity contribution >= 4 is 11.4 Å². The maximum absolute atomic E-state index is 13.5. The lowest BCUT2D eigenvalue weighted by molar-refractivity contribution is -0.158. The van der Waals surface area contributed by atoms with Gasteiger partial charge in [-0.25, -0.2) is 14.3 Å². The second kappa shape index (κ2) is 10.5. The van der Waals surface area contributed by atoms with Gasteiger partial charge < -0.3 is 20.4 Å². The van der Waals surface area contributed by atoms with E-state index in [4.69, 9.17) is 11.5 Å². The Bertz CT molecular complexity index is 1240. The smallest absolute Gasteiger partial charge is 0.369 e. The van der Waals surface area contributed by atoms with Crippen LogP contribution in [0.15, 0.2) is 60.7 Å². The van der Waals surface area contributed by atoms with Crippen LogP contribution in [0.25, 0.3) is 11.3 Å². The molecular weight excluding hydrogens is 498 g/mol. The van der Waals surface area contributed by atoms with Gasteiger partial charge in [0.15, 0.2) is 0 Å². The third-order valence-corrected chi connectivity index (χ3v) is 7.17. The highest BCUT2D eigenvalue weighted by molar-refractivity contribution is 5.65. The summed E-state index contributed by atoms with van der Waals surface area (Å²) in [5, 5.41) is 0. The fourth-order valence-electron chi connectivity index (χ4n) is 5.00. The predicted octanol–water partition coefficient (Wildman–Crippen LogP) is 3.72. The van der Waals surface area contributed by atoms with Crippen molar-refractivity contribution in [3.8, 4) is 11.3 Å². The number of halogens is 4. The SMILES string of the molecule is CN1CCN(c2ccc(CN3c4ccc(-c5ccc(F)cc5)nc4C(N)N(CC(F)(F)F)C3N)cc2)CC1. The largest absolute Gasteiger partial charge is 0.401 e. The molecule has 2 atom stereocenters. The Morgan fingerprint density at radius 3 is 2.18 bits per heavy atom. The molecule has 3 heterocycles. The molecule has 3 aromatic rings. The van der Waals surface area contributed by atoms with Crippen molar-refractivity contribution in [1.82, 2.24) is 14.8 Å². The number of aromatic nitrogens is 1. The third-order valence-electron chi connectivity index (χ3n) is 7.17. The summed E-state index contributed by atoms with van der Waals surface area (Å²) in [6, 6.07) is 17.3. The molecule has 1 fully saturated rings. The van der Waals surface area contributed by atoms with E-state index in [1.54, 1.807) is 29.2 Å². The molecule has 38 heavy (non-hydrogen) atoms. The van der Waals surface area contributed by atoms with Crippen molar-refractivity contribution < 1.29 is 17.6 Å². The van der Waals surface area contributed by atoms with Gasteiger partial charge in [0, 0.05) is 44.0 Å². The summed E-state index contributed by atoms with van der Waals surface area (Å²) in [5.74, 6) is -0.393. The molecule has 1 aromatic heterocycles. The highest BCUT2D eigenvalue weighted by atomic mass is 19.4. The van der Waals surface area contributed by atoms with Crippen LogP contribution in [0.5, 0.6) is 0 Å². The number of likely N-dealkylation sites (N-methyl/N-ethyl adjacent to an activating group) is 1. The van der Waals surface area contributed by atoms with E-state index in [0.717, 1.165) is 42.3 Å². The summed E-state index contributed by atoms with van der Waals surface area (Å²) >= 11 is 0. The van der Waals surface area contributed by atoms with E-state index >= 15 is 0 Å². The maximum Gasteiger partial charge on any atom is 0.401 e. The van der Waals surface area contributed by atoms with Crippen LogP contribution in [0, 0.1) is 5.82 Å². The van der Waals surface area contributed by atoms with Gasteiger partial charge in [0.25, 0.3) is 0 Å². The summed E-state index contributed by atoms with van der Waals surface area (Å²) in [7, 11) is 2.10. The Balaban J connectivity index is 1.45. The molecule has 202 valence electrons. The Morgan fingerprint density at radius 1 is 0.895 bits per heavy atom. The van der Waals surface area contributed by atoms with Crippen LogP contribution in [0.2, 0.25) is 0 Å². The van der Waals surface area contributed by atoms with E-state index in [9.17, 15) is 17.6 Å². The first-order chi connectivity index (χ1) is 18.1. The number of fused-ring (bicyclic) bond motifs is 1. The number of pyridine rings is 1. The van der Waals surface area contributed by atoms with Crippen molar-refractivity contribution in [3.63, 3.8) is 0 Å². The summed E-state index contributed by atoms with van der Waals surface area (Å²) in [6.07, 6.45) is -6.79. The molecule has 0 bridgehead atoms. The lowest BCUT2D eigenvalue weighted by Gasteiger charge is -2.46. The van der Waals surface area contributed by atoms with Crippen molar-refractivity contribution in [3.05, 3.63) is 77.7 Å². The summed E-state index contributed by atoms with van der Waals surface area (Å²) < 4.78 is 53.9. The minimum Gasteiger partial charge on any atom is -0.369 e. The van der Waals surface area contributed by atoms with E-state index in [1.165, 1.54) is 12.1 Å². The number of hydrogen-bond acceptors (Lipinski definition) is 7. The molecule has 2 aliphatic heterocycles. The molecule has 2 aliphatic rings. The van der Waals surface area contributed by atoms with Gasteiger partial charge in [0.2, 0.25) is 0 Å². The highest BCUT2D eigenvalue weighted by Gasteiger charge is 2.42. The summed E-state index contributed by atoms with van der Waals surface area (Å²) in [6.45, 7) is 2.85. The second-order valence-corrected chi connectivity index (χ2v) is 9.84. The van der Waals surface area contributed by atoms with Crippen molar-refractivity contribution in [1.29, 1.82) is 0 Å². The molecule has 4 N–H and O–H groups in total. The Kier molecular flexibility index (Phi) is 7.28. The van der Waals surface area contributed by atoms with Crippen molar-refractivity contribution in [2.45, 2.75) is 25.2 Å². The quantitative estimate of drug-likeness (QED) is 0.488. The van der Waals surface area contributed by atoms with E-state index in [1.807, 2.05) is 24.3 Å². The molecule has 0 spiro atoms. The zero-order chi connectivity index (χ0) is 27.0. The monoisotopic (exact) mass is 529 g/mol. The minimum atomic E-state index is -4.50. The van der Waals surface area contributed by atoms with Gasteiger partial charge in [-0.2, -0.15) is 13.2 Å². The molecule has 2 unspecified atom stereocenters. The molecule has 0 saturated carbocycles. The van der Waals surface area contributed by atoms with Crippen LogP contribution in [-0.2, 0) is 6.54 Å². The summed E-state index contributed by atoms with van der Waals surface area (Å²) in [5.41, 5.74) is 16.7. The van der Waals surface area contributed by atoms with Crippen LogP contribution in [0.4, 0.5) is 28.9 Å². The number of piperazine rings is 1. The zero-order valence-electron chi connectivity index (χ0n) is 21.1. The normalized spacial score (nSPS) is 21.0. The summed E-state index contributed by atoms with van der Waals surface area (Å²) in [4.78, 5) is 11.9. The third kappa shape index (κ3) is 5.60. The van der Waals surface area contributed by atoms with E-state index in [2.05, 4.69) is 21.8 Å². The number of rotatable bonds is 5. The fourth-order valence-corrected chi connectivity index (χ4v) is 5.00. The molecule has 0 amide bonds. The van der Waals surface area contributed by atoms with Crippen LogP contribution in [-0.4, -0.2) is 67.0 Å². The van der Waals surface area contributed by atoms with Gasteiger partial charge in [-0.3, -0.25) is 5.73 Å². The molecule has 11 heteroatoms. The van der Waals surface area contributed by atoms with Crippen molar-refractivity contribution in [2.75, 3.05) is 49.6 Å². The van der Waals surface area contributed by atoms with Gasteiger partial charge >= 0.3 is 6.18 Å². The van der Waals surface area contributed by atoms with Gasteiger partial charge in [-0.15, -0.1) is 0 Å². The minimum absolute atomic E-state index is 0.274. The first kappa shape index (κ1) is 26.4. The topological polar surface area (TPSA) is 77.9 Å². The second-order valence-electron chi connectivity index (χ2n) is 9.84. The van der Waals surface area contributed by atoms with Crippen molar-refractivity contribution in [2.24, 2.45) is 11.5 Å². The Hall–Kier alpha value is -3.25. The van der Waals surface area contributed by atoms with Gasteiger partial charge in [-0.1, -0.05) is 12.1 Å². The van der Waals surface area contributed by atoms with E-state index in [0.29, 0.717) is 16.9 Å². The first-order valence-electron chi connectivity index (χ1n) is 12.5. The number of nitrogens with zero attached hydrogens (tertiary/aromatic N) is 5. The number of alkyl halides is 3. The zero-order valence-corrected chi connectivity index (χ0v) is 21.1. The molecular formula is C27H31F4N7. The molecule has 1 saturated heterocycles. The number of nitrogens with two attached hydrogens (primary N) is 2. The fraction of sp³-hybridized carbons (Fsp3) is 0.370. The van der Waals surface area contributed by atoms with Gasteiger partial charge in [0.1, 0.15) is 18.3 Å². The lowest BCUT2D eigenvalue weighted by Crippen LogP contribution is -2.62.